The van der Waals surface area contributed by atoms with Gasteiger partial charge in [-0.25, -0.2) is 0 Å². The standard InChI is InChI=1S/C17H19ClN2O2/c18-13-5-7-15(8-6-13)20-11-14(10-17(20)22)19-16(21)9-12-3-1-2-4-12/h3,5-8,14H,1-2,4,9-11H2,(H,19,21)/t14-/m0/s1. The maximum absolute atomic E-state index is 12.1. The molecule has 0 unspecified atom stereocenters. The van der Waals surface area contributed by atoms with E-state index in [1.807, 2.05) is 12.1 Å². The lowest BCUT2D eigenvalue weighted by Gasteiger charge is -2.17. The van der Waals surface area contributed by atoms with E-state index in [9.17, 15) is 9.59 Å². The molecule has 2 amide bonds. The van der Waals surface area contributed by atoms with Crippen LogP contribution in [-0.4, -0.2) is 24.4 Å². The topological polar surface area (TPSA) is 49.4 Å². The molecule has 1 aromatic carbocycles. The fraction of sp³-hybridized carbons (Fsp3) is 0.412. The second kappa shape index (κ2) is 6.53. The Morgan fingerprint density at radius 3 is 2.77 bits per heavy atom. The van der Waals surface area contributed by atoms with Crippen molar-refractivity contribution in [2.24, 2.45) is 0 Å². The molecule has 1 fully saturated rings. The zero-order valence-corrected chi connectivity index (χ0v) is 13.1. The van der Waals surface area contributed by atoms with Crippen molar-refractivity contribution >= 4 is 29.1 Å². The van der Waals surface area contributed by atoms with E-state index >= 15 is 0 Å². The SMILES string of the molecule is O=C(CC1=CCCC1)N[C@H]1CC(=O)N(c2ccc(Cl)cc2)C1. The van der Waals surface area contributed by atoms with Crippen molar-refractivity contribution in [3.8, 4) is 0 Å². The van der Waals surface area contributed by atoms with Gasteiger partial charge in [0, 0.05) is 30.1 Å². The third kappa shape index (κ3) is 3.50. The Labute approximate surface area is 135 Å². The van der Waals surface area contributed by atoms with Crippen molar-refractivity contribution in [1.82, 2.24) is 5.32 Å². The van der Waals surface area contributed by atoms with E-state index in [-0.39, 0.29) is 17.9 Å². The fourth-order valence-corrected chi connectivity index (χ4v) is 3.18. The van der Waals surface area contributed by atoms with Crippen molar-refractivity contribution < 1.29 is 9.59 Å². The summed E-state index contributed by atoms with van der Waals surface area (Å²) in [6.45, 7) is 0.519. The first-order chi connectivity index (χ1) is 10.6. The van der Waals surface area contributed by atoms with E-state index in [0.29, 0.717) is 24.4 Å². The minimum absolute atomic E-state index is 0.0175. The predicted molar refractivity (Wildman–Crippen MR) is 86.9 cm³/mol. The highest BCUT2D eigenvalue weighted by atomic mass is 35.5. The van der Waals surface area contributed by atoms with Gasteiger partial charge in [0.2, 0.25) is 11.8 Å². The van der Waals surface area contributed by atoms with Gasteiger partial charge in [0.1, 0.15) is 0 Å². The third-order valence-corrected chi connectivity index (χ3v) is 4.40. The van der Waals surface area contributed by atoms with Gasteiger partial charge in [-0.3, -0.25) is 9.59 Å². The highest BCUT2D eigenvalue weighted by Gasteiger charge is 2.31. The van der Waals surface area contributed by atoms with Crippen LogP contribution in [0.2, 0.25) is 5.02 Å². The maximum Gasteiger partial charge on any atom is 0.229 e. The number of rotatable bonds is 4. The van der Waals surface area contributed by atoms with Crippen LogP contribution in [0.15, 0.2) is 35.9 Å². The number of carbonyl (C=O) groups is 2. The predicted octanol–water partition coefficient (Wildman–Crippen LogP) is 3.06. The Hall–Kier alpha value is -1.81. The number of amides is 2. The third-order valence-electron chi connectivity index (χ3n) is 4.15. The number of anilines is 1. The van der Waals surface area contributed by atoms with Gasteiger partial charge in [-0.1, -0.05) is 23.3 Å². The quantitative estimate of drug-likeness (QED) is 0.867. The summed E-state index contributed by atoms with van der Waals surface area (Å²) in [5.74, 6) is 0.0524. The van der Waals surface area contributed by atoms with Crippen LogP contribution in [0, 0.1) is 0 Å². The number of nitrogens with zero attached hydrogens (tertiary/aromatic N) is 1. The molecule has 0 spiro atoms. The van der Waals surface area contributed by atoms with E-state index < -0.39 is 0 Å². The lowest BCUT2D eigenvalue weighted by molar-refractivity contribution is -0.121. The molecule has 2 aliphatic rings. The van der Waals surface area contributed by atoms with Crippen LogP contribution in [0.25, 0.3) is 0 Å². The lowest BCUT2D eigenvalue weighted by Crippen LogP contribution is -2.37. The average molecular weight is 319 g/mol. The van der Waals surface area contributed by atoms with Gasteiger partial charge in [-0.05, 0) is 43.5 Å². The van der Waals surface area contributed by atoms with Crippen molar-refractivity contribution in [2.45, 2.75) is 38.1 Å². The summed E-state index contributed by atoms with van der Waals surface area (Å²) < 4.78 is 0. The molecular weight excluding hydrogens is 300 g/mol. The van der Waals surface area contributed by atoms with Gasteiger partial charge in [0.15, 0.2) is 0 Å². The molecule has 1 atom stereocenters. The fourth-order valence-electron chi connectivity index (χ4n) is 3.06. The average Bonchev–Trinajstić information content (AvgIpc) is 3.10. The van der Waals surface area contributed by atoms with E-state index in [1.54, 1.807) is 17.0 Å². The molecule has 1 aliphatic carbocycles. The molecule has 4 nitrogen and oxygen atoms in total. The summed E-state index contributed by atoms with van der Waals surface area (Å²) >= 11 is 5.87. The minimum Gasteiger partial charge on any atom is -0.351 e. The lowest BCUT2D eigenvalue weighted by atomic mass is 10.1. The van der Waals surface area contributed by atoms with Crippen molar-refractivity contribution in [3.63, 3.8) is 0 Å². The maximum atomic E-state index is 12.1. The van der Waals surface area contributed by atoms with Gasteiger partial charge in [-0.15, -0.1) is 0 Å². The first-order valence-corrected chi connectivity index (χ1v) is 8.03. The monoisotopic (exact) mass is 318 g/mol. The van der Waals surface area contributed by atoms with Gasteiger partial charge in [0.25, 0.3) is 0 Å². The summed E-state index contributed by atoms with van der Waals surface area (Å²) in [7, 11) is 0. The minimum atomic E-state index is -0.113. The molecule has 116 valence electrons. The molecule has 1 aliphatic heterocycles. The van der Waals surface area contributed by atoms with Crippen LogP contribution in [0.3, 0.4) is 0 Å². The molecule has 0 saturated carbocycles. The molecule has 3 rings (SSSR count). The Kier molecular flexibility index (Phi) is 4.48. The Bertz CT molecular complexity index is 610. The highest BCUT2D eigenvalue weighted by Crippen LogP contribution is 2.24. The van der Waals surface area contributed by atoms with Crippen LogP contribution in [0.5, 0.6) is 0 Å². The van der Waals surface area contributed by atoms with Crippen LogP contribution < -0.4 is 10.2 Å². The molecule has 1 aromatic rings. The normalized spacial score (nSPS) is 21.1. The Morgan fingerprint density at radius 2 is 2.09 bits per heavy atom. The smallest absolute Gasteiger partial charge is 0.229 e. The van der Waals surface area contributed by atoms with Crippen LogP contribution >= 0.6 is 11.6 Å². The Morgan fingerprint density at radius 1 is 1.32 bits per heavy atom. The number of carbonyl (C=O) groups excluding carboxylic acids is 2. The summed E-state index contributed by atoms with van der Waals surface area (Å²) in [6, 6.07) is 7.07. The molecule has 5 heteroatoms. The summed E-state index contributed by atoms with van der Waals surface area (Å²) in [4.78, 5) is 25.9. The van der Waals surface area contributed by atoms with E-state index in [2.05, 4.69) is 11.4 Å². The van der Waals surface area contributed by atoms with Gasteiger partial charge >= 0.3 is 0 Å². The van der Waals surface area contributed by atoms with Gasteiger partial charge in [-0.2, -0.15) is 0 Å². The summed E-state index contributed by atoms with van der Waals surface area (Å²) in [5, 5.41) is 3.62. The van der Waals surface area contributed by atoms with Gasteiger partial charge < -0.3 is 10.2 Å². The summed E-state index contributed by atoms with van der Waals surface area (Å²) in [6.07, 6.45) is 6.22. The second-order valence-corrected chi connectivity index (χ2v) is 6.32. The molecular formula is C17H19ClN2O2. The first kappa shape index (κ1) is 15.1. The highest BCUT2D eigenvalue weighted by molar-refractivity contribution is 6.30. The van der Waals surface area contributed by atoms with Crippen molar-refractivity contribution in [3.05, 3.63) is 40.9 Å². The summed E-state index contributed by atoms with van der Waals surface area (Å²) in [5.41, 5.74) is 2.04. The van der Waals surface area contributed by atoms with Crippen molar-refractivity contribution in [2.75, 3.05) is 11.4 Å². The molecule has 22 heavy (non-hydrogen) atoms. The number of benzene rings is 1. The number of nitrogens with one attached hydrogen (secondary N) is 1. The largest absolute Gasteiger partial charge is 0.351 e. The van der Waals surface area contributed by atoms with E-state index in [1.165, 1.54) is 5.57 Å². The zero-order chi connectivity index (χ0) is 15.5. The van der Waals surface area contributed by atoms with Gasteiger partial charge in [0.05, 0.1) is 6.04 Å². The van der Waals surface area contributed by atoms with Crippen LogP contribution in [0.4, 0.5) is 5.69 Å². The number of allylic oxidation sites excluding steroid dienone is 1. The Balaban J connectivity index is 1.57. The molecule has 0 radical (unpaired) electrons. The van der Waals surface area contributed by atoms with E-state index in [0.717, 1.165) is 24.9 Å². The molecule has 0 bridgehead atoms. The first-order valence-electron chi connectivity index (χ1n) is 7.65. The number of hydrogen-bond acceptors (Lipinski definition) is 2. The zero-order valence-electron chi connectivity index (χ0n) is 12.3. The van der Waals surface area contributed by atoms with Crippen molar-refractivity contribution in [1.29, 1.82) is 0 Å². The number of halogens is 1. The second-order valence-electron chi connectivity index (χ2n) is 5.88. The molecule has 1 heterocycles. The van der Waals surface area contributed by atoms with Crippen LogP contribution in [0.1, 0.15) is 32.1 Å². The molecule has 0 aromatic heterocycles. The number of hydrogen-bond donors (Lipinski definition) is 1. The molecule has 1 N–H and O–H groups in total. The van der Waals surface area contributed by atoms with Crippen LogP contribution in [-0.2, 0) is 9.59 Å². The van der Waals surface area contributed by atoms with E-state index in [4.69, 9.17) is 11.6 Å². The molecule has 1 saturated heterocycles.